The van der Waals surface area contributed by atoms with Crippen molar-refractivity contribution >= 4 is 17.3 Å². The molecule has 2 heterocycles. The van der Waals surface area contributed by atoms with E-state index < -0.39 is 5.97 Å². The summed E-state index contributed by atoms with van der Waals surface area (Å²) in [5, 5.41) is 11.2. The van der Waals surface area contributed by atoms with Crippen LogP contribution in [-0.4, -0.2) is 15.6 Å². The molecule has 0 amide bonds. The minimum absolute atomic E-state index is 0.159. The predicted molar refractivity (Wildman–Crippen MR) is 75.3 cm³/mol. The quantitative estimate of drug-likeness (QED) is 0.938. The lowest BCUT2D eigenvalue weighted by Crippen LogP contribution is -2.25. The van der Waals surface area contributed by atoms with Crippen LogP contribution in [0.15, 0.2) is 22.3 Å². The van der Waals surface area contributed by atoms with Gasteiger partial charge in [-0.25, -0.2) is 4.79 Å². The molecule has 0 aliphatic carbocycles. The zero-order valence-electron chi connectivity index (χ0n) is 11.1. The number of carbonyl (C=O) groups is 1. The molecule has 0 aliphatic rings. The maximum atomic E-state index is 12.0. The standard InChI is InChI=1S/C14H15NO3S/c1-8-4-5-19-11(8)7-15-10(3)13(14(17)18)9(2)6-12(15)16/h4-6H,7H2,1-3H3,(H,17,18). The Morgan fingerprint density at radius 3 is 2.53 bits per heavy atom. The highest BCUT2D eigenvalue weighted by Crippen LogP contribution is 2.18. The van der Waals surface area contributed by atoms with Crippen LogP contribution in [0.5, 0.6) is 0 Å². The van der Waals surface area contributed by atoms with Crippen LogP contribution in [0, 0.1) is 20.8 Å². The first kappa shape index (κ1) is 13.5. The number of carboxylic acid groups (broad SMARTS) is 1. The van der Waals surface area contributed by atoms with Gasteiger partial charge in [0.2, 0.25) is 0 Å². The molecule has 1 N–H and O–H groups in total. The van der Waals surface area contributed by atoms with Gasteiger partial charge in [-0.05, 0) is 43.3 Å². The van der Waals surface area contributed by atoms with Gasteiger partial charge in [-0.1, -0.05) is 0 Å². The molecule has 0 aromatic carbocycles. The maximum Gasteiger partial charge on any atom is 0.337 e. The number of thiophene rings is 1. The lowest BCUT2D eigenvalue weighted by molar-refractivity contribution is 0.0694. The smallest absolute Gasteiger partial charge is 0.337 e. The summed E-state index contributed by atoms with van der Waals surface area (Å²) in [7, 11) is 0. The van der Waals surface area contributed by atoms with Crippen LogP contribution in [0.4, 0.5) is 0 Å². The van der Waals surface area contributed by atoms with Crippen molar-refractivity contribution in [2.45, 2.75) is 27.3 Å². The number of nitrogens with zero attached hydrogens (tertiary/aromatic N) is 1. The number of aryl methyl sites for hydroxylation is 2. The summed E-state index contributed by atoms with van der Waals surface area (Å²) in [5.74, 6) is -0.994. The van der Waals surface area contributed by atoms with E-state index in [4.69, 9.17) is 0 Å². The van der Waals surface area contributed by atoms with Gasteiger partial charge in [0.05, 0.1) is 12.1 Å². The number of rotatable bonds is 3. The third-order valence-electron chi connectivity index (χ3n) is 3.25. The molecule has 0 spiro atoms. The zero-order chi connectivity index (χ0) is 14.2. The SMILES string of the molecule is Cc1ccsc1Cn1c(C)c(C(=O)O)c(C)cc1=O. The van der Waals surface area contributed by atoms with Crippen molar-refractivity contribution in [1.82, 2.24) is 4.57 Å². The Balaban J connectivity index is 2.58. The fourth-order valence-corrected chi connectivity index (χ4v) is 3.04. The van der Waals surface area contributed by atoms with Crippen LogP contribution in [0.25, 0.3) is 0 Å². The van der Waals surface area contributed by atoms with E-state index in [0.29, 0.717) is 17.8 Å². The predicted octanol–water partition coefficient (Wildman–Crippen LogP) is 2.58. The molecule has 2 aromatic rings. The van der Waals surface area contributed by atoms with E-state index in [1.807, 2.05) is 18.4 Å². The van der Waals surface area contributed by atoms with Gasteiger partial charge in [0.1, 0.15) is 0 Å². The summed E-state index contributed by atoms with van der Waals surface area (Å²) in [4.78, 5) is 24.4. The Hall–Kier alpha value is -1.88. The van der Waals surface area contributed by atoms with Gasteiger partial charge in [0.25, 0.3) is 5.56 Å². The minimum atomic E-state index is -0.994. The molecule has 100 valence electrons. The fourth-order valence-electron chi connectivity index (χ4n) is 2.15. The Bertz CT molecular complexity index is 697. The van der Waals surface area contributed by atoms with Crippen LogP contribution >= 0.6 is 11.3 Å². The molecular weight excluding hydrogens is 262 g/mol. The highest BCUT2D eigenvalue weighted by Gasteiger charge is 2.16. The number of pyridine rings is 1. The Labute approximate surface area is 115 Å². The lowest BCUT2D eigenvalue weighted by Gasteiger charge is -2.13. The fraction of sp³-hybridized carbons (Fsp3) is 0.286. The molecule has 0 radical (unpaired) electrons. The van der Waals surface area contributed by atoms with Gasteiger partial charge in [0.15, 0.2) is 0 Å². The monoisotopic (exact) mass is 277 g/mol. The van der Waals surface area contributed by atoms with E-state index in [0.717, 1.165) is 10.4 Å². The molecule has 19 heavy (non-hydrogen) atoms. The number of aromatic carboxylic acids is 1. The van der Waals surface area contributed by atoms with Crippen molar-refractivity contribution in [2.24, 2.45) is 0 Å². The van der Waals surface area contributed by atoms with Crippen molar-refractivity contribution in [3.63, 3.8) is 0 Å². The van der Waals surface area contributed by atoms with Gasteiger partial charge >= 0.3 is 5.97 Å². The van der Waals surface area contributed by atoms with E-state index in [2.05, 4.69) is 0 Å². The Kier molecular flexibility index (Phi) is 3.57. The van der Waals surface area contributed by atoms with Crippen LogP contribution in [-0.2, 0) is 6.54 Å². The minimum Gasteiger partial charge on any atom is -0.478 e. The molecule has 4 nitrogen and oxygen atoms in total. The van der Waals surface area contributed by atoms with Crippen LogP contribution in [0.2, 0.25) is 0 Å². The summed E-state index contributed by atoms with van der Waals surface area (Å²) < 4.78 is 1.52. The molecule has 0 atom stereocenters. The van der Waals surface area contributed by atoms with Gasteiger partial charge in [0, 0.05) is 16.6 Å². The normalized spacial score (nSPS) is 10.7. The van der Waals surface area contributed by atoms with Crippen molar-refractivity contribution in [3.8, 4) is 0 Å². The third kappa shape index (κ3) is 2.46. The first-order valence-electron chi connectivity index (χ1n) is 5.89. The van der Waals surface area contributed by atoms with E-state index >= 15 is 0 Å². The molecule has 0 bridgehead atoms. The van der Waals surface area contributed by atoms with Gasteiger partial charge in [-0.2, -0.15) is 0 Å². The highest BCUT2D eigenvalue weighted by molar-refractivity contribution is 7.10. The molecule has 5 heteroatoms. The second-order valence-electron chi connectivity index (χ2n) is 4.54. The molecular formula is C14H15NO3S. The Morgan fingerprint density at radius 1 is 1.32 bits per heavy atom. The maximum absolute atomic E-state index is 12.0. The number of hydrogen-bond donors (Lipinski definition) is 1. The highest BCUT2D eigenvalue weighted by atomic mass is 32.1. The average Bonchev–Trinajstić information content (AvgIpc) is 2.69. The third-order valence-corrected chi connectivity index (χ3v) is 4.26. The molecule has 0 aliphatic heterocycles. The van der Waals surface area contributed by atoms with Gasteiger partial charge < -0.3 is 9.67 Å². The number of hydrogen-bond acceptors (Lipinski definition) is 3. The molecule has 0 saturated heterocycles. The van der Waals surface area contributed by atoms with Crippen molar-refractivity contribution in [2.75, 3.05) is 0 Å². The van der Waals surface area contributed by atoms with Crippen molar-refractivity contribution in [3.05, 3.63) is 55.1 Å². The van der Waals surface area contributed by atoms with Crippen molar-refractivity contribution in [1.29, 1.82) is 0 Å². The molecule has 0 saturated carbocycles. The number of carboxylic acids is 1. The van der Waals surface area contributed by atoms with Gasteiger partial charge in [-0.3, -0.25) is 4.79 Å². The second kappa shape index (κ2) is 5.01. The number of aromatic nitrogens is 1. The lowest BCUT2D eigenvalue weighted by atomic mass is 10.1. The van der Waals surface area contributed by atoms with E-state index in [-0.39, 0.29) is 11.1 Å². The zero-order valence-corrected chi connectivity index (χ0v) is 11.9. The summed E-state index contributed by atoms with van der Waals surface area (Å²) in [6.45, 7) is 5.74. The van der Waals surface area contributed by atoms with Crippen molar-refractivity contribution < 1.29 is 9.90 Å². The molecule has 0 fully saturated rings. The summed E-state index contributed by atoms with van der Waals surface area (Å²) >= 11 is 1.57. The molecule has 0 unspecified atom stereocenters. The van der Waals surface area contributed by atoms with Crippen LogP contribution in [0.1, 0.15) is 32.1 Å². The molecule has 2 rings (SSSR count). The average molecular weight is 277 g/mol. The topological polar surface area (TPSA) is 59.3 Å². The van der Waals surface area contributed by atoms with E-state index in [1.54, 1.807) is 25.2 Å². The summed E-state index contributed by atoms with van der Waals surface area (Å²) in [5.41, 5.74) is 2.19. The van der Waals surface area contributed by atoms with Crippen LogP contribution < -0.4 is 5.56 Å². The van der Waals surface area contributed by atoms with Gasteiger partial charge in [-0.15, -0.1) is 11.3 Å². The van der Waals surface area contributed by atoms with Crippen LogP contribution in [0.3, 0.4) is 0 Å². The Morgan fingerprint density at radius 2 is 2.00 bits per heavy atom. The summed E-state index contributed by atoms with van der Waals surface area (Å²) in [6, 6.07) is 3.38. The largest absolute Gasteiger partial charge is 0.478 e. The first-order chi connectivity index (χ1) is 8.91. The first-order valence-corrected chi connectivity index (χ1v) is 6.77. The van der Waals surface area contributed by atoms with E-state index in [1.165, 1.54) is 10.6 Å². The summed E-state index contributed by atoms with van der Waals surface area (Å²) in [6.07, 6.45) is 0. The molecule has 2 aromatic heterocycles. The second-order valence-corrected chi connectivity index (χ2v) is 5.54. The van der Waals surface area contributed by atoms with E-state index in [9.17, 15) is 14.7 Å².